The molecule has 10 nitrogen and oxygen atoms in total. The molecule has 6 rings (SSSR count). The number of benzene rings is 4. The number of carbonyl (C=O) groups excluding carboxylic acids is 1. The molecule has 0 spiro atoms. The lowest BCUT2D eigenvalue weighted by atomic mass is 10.0. The molecule has 40 heavy (non-hydrogen) atoms. The first-order valence-corrected chi connectivity index (χ1v) is 12.2. The zero-order valence-electron chi connectivity index (χ0n) is 21.8. The molecule has 0 bridgehead atoms. The number of carboxylic acid groups (broad SMARTS) is 1. The summed E-state index contributed by atoms with van der Waals surface area (Å²) in [6, 6.07) is 26.5. The van der Waals surface area contributed by atoms with E-state index in [9.17, 15) is 14.7 Å². The standard InChI is InChI=1S/2C15H13N3O2/c1-18-13-7-4-10(9-2-5-11(16)6-3-9)8-12(13)14(17-18)15(19)20;1-20-15(19)14-12-8-10(4-7-13(12)17-18-14)9-2-5-11(16)6-3-9/h2-8H,16H2,1H3,(H,19,20);2-8H,16H2,1H3,(H,17,18). The number of ether oxygens (including phenoxy) is 1. The predicted octanol–water partition coefficient (Wildman–Crippen LogP) is 5.12. The number of rotatable bonds is 4. The Morgan fingerprint density at radius 2 is 1.30 bits per heavy atom. The van der Waals surface area contributed by atoms with Crippen LogP contribution in [0.5, 0.6) is 0 Å². The van der Waals surface area contributed by atoms with Crippen LogP contribution in [0, 0.1) is 0 Å². The second-order valence-corrected chi connectivity index (χ2v) is 9.08. The lowest BCUT2D eigenvalue weighted by Gasteiger charge is -2.03. The number of carbonyl (C=O) groups is 2. The van der Waals surface area contributed by atoms with E-state index >= 15 is 0 Å². The van der Waals surface area contributed by atoms with Crippen molar-refractivity contribution in [2.45, 2.75) is 0 Å². The smallest absolute Gasteiger partial charge is 0.359 e. The van der Waals surface area contributed by atoms with Crippen molar-refractivity contribution in [3.05, 3.63) is 96.3 Å². The van der Waals surface area contributed by atoms with Crippen LogP contribution < -0.4 is 11.5 Å². The van der Waals surface area contributed by atoms with E-state index in [-0.39, 0.29) is 5.69 Å². The Morgan fingerprint density at radius 3 is 1.85 bits per heavy atom. The number of aromatic amines is 1. The van der Waals surface area contributed by atoms with E-state index in [0.717, 1.165) is 38.7 Å². The van der Waals surface area contributed by atoms with E-state index < -0.39 is 11.9 Å². The van der Waals surface area contributed by atoms with Gasteiger partial charge in [-0.2, -0.15) is 10.2 Å². The molecule has 6 N–H and O–H groups in total. The zero-order chi connectivity index (χ0) is 28.4. The summed E-state index contributed by atoms with van der Waals surface area (Å²) in [5, 5.41) is 21.4. The van der Waals surface area contributed by atoms with Gasteiger partial charge in [0.15, 0.2) is 11.4 Å². The Hall–Kier alpha value is -5.64. The van der Waals surface area contributed by atoms with Crippen LogP contribution in [0.1, 0.15) is 21.0 Å². The number of aryl methyl sites for hydroxylation is 1. The third-order valence-corrected chi connectivity index (χ3v) is 6.48. The quantitative estimate of drug-likeness (QED) is 0.179. The molecular formula is C30H26N6O4. The maximum absolute atomic E-state index is 11.7. The van der Waals surface area contributed by atoms with Crippen LogP contribution in [0.15, 0.2) is 84.9 Å². The summed E-state index contributed by atoms with van der Waals surface area (Å²) in [5.41, 5.74) is 18.7. The van der Waals surface area contributed by atoms with Crippen LogP contribution in [-0.2, 0) is 11.8 Å². The Bertz CT molecular complexity index is 1850. The lowest BCUT2D eigenvalue weighted by molar-refractivity contribution is 0.0595. The molecule has 0 atom stereocenters. The molecule has 4 aromatic carbocycles. The van der Waals surface area contributed by atoms with Crippen molar-refractivity contribution >= 4 is 45.1 Å². The third-order valence-electron chi connectivity index (χ3n) is 6.48. The number of carboxylic acids is 1. The van der Waals surface area contributed by atoms with E-state index in [1.54, 1.807) is 11.7 Å². The second kappa shape index (κ2) is 10.6. The van der Waals surface area contributed by atoms with Gasteiger partial charge in [0.25, 0.3) is 0 Å². The lowest BCUT2D eigenvalue weighted by Crippen LogP contribution is -2.01. The van der Waals surface area contributed by atoms with Gasteiger partial charge in [0, 0.05) is 29.2 Å². The number of H-pyrrole nitrogens is 1. The van der Waals surface area contributed by atoms with Crippen molar-refractivity contribution in [2.24, 2.45) is 7.05 Å². The first-order valence-electron chi connectivity index (χ1n) is 12.2. The van der Waals surface area contributed by atoms with Crippen LogP contribution in [0.3, 0.4) is 0 Å². The summed E-state index contributed by atoms with van der Waals surface area (Å²) in [6.07, 6.45) is 0. The minimum Gasteiger partial charge on any atom is -0.476 e. The van der Waals surface area contributed by atoms with Crippen LogP contribution in [0.25, 0.3) is 44.1 Å². The number of nitrogen functional groups attached to an aromatic ring is 2. The normalized spacial score (nSPS) is 10.8. The summed E-state index contributed by atoms with van der Waals surface area (Å²) in [5.74, 6) is -1.48. The topological polar surface area (TPSA) is 162 Å². The fourth-order valence-electron chi connectivity index (χ4n) is 4.40. The van der Waals surface area contributed by atoms with E-state index in [4.69, 9.17) is 16.2 Å². The molecule has 10 heteroatoms. The number of aromatic carboxylic acids is 1. The number of anilines is 2. The third kappa shape index (κ3) is 5.05. The highest BCUT2D eigenvalue weighted by Crippen LogP contribution is 2.28. The second-order valence-electron chi connectivity index (χ2n) is 9.08. The molecule has 0 aliphatic heterocycles. The number of fused-ring (bicyclic) bond motifs is 2. The average molecular weight is 535 g/mol. The fraction of sp³-hybridized carbons (Fsp3) is 0.0667. The number of nitrogens with zero attached hydrogens (tertiary/aromatic N) is 3. The Labute approximate surface area is 228 Å². The van der Waals surface area contributed by atoms with Crippen molar-refractivity contribution < 1.29 is 19.4 Å². The summed E-state index contributed by atoms with van der Waals surface area (Å²) in [6.45, 7) is 0. The summed E-state index contributed by atoms with van der Waals surface area (Å²) in [4.78, 5) is 22.9. The molecule has 0 aliphatic carbocycles. The van der Waals surface area contributed by atoms with Crippen molar-refractivity contribution in [3.63, 3.8) is 0 Å². The monoisotopic (exact) mass is 534 g/mol. The van der Waals surface area contributed by atoms with Gasteiger partial charge in [-0.1, -0.05) is 36.4 Å². The molecule has 2 aromatic heterocycles. The zero-order valence-corrected chi connectivity index (χ0v) is 21.8. The molecule has 0 radical (unpaired) electrons. The predicted molar refractivity (Wildman–Crippen MR) is 155 cm³/mol. The minimum atomic E-state index is -1.02. The molecular weight excluding hydrogens is 508 g/mol. The average Bonchev–Trinajstić information content (AvgIpc) is 3.54. The van der Waals surface area contributed by atoms with Crippen LogP contribution in [0.4, 0.5) is 11.4 Å². The maximum Gasteiger partial charge on any atom is 0.359 e. The molecule has 200 valence electrons. The Morgan fingerprint density at radius 1 is 0.775 bits per heavy atom. The van der Waals surface area contributed by atoms with Gasteiger partial charge in [0.1, 0.15) is 0 Å². The number of methoxy groups -OCH3 is 1. The molecule has 0 fully saturated rings. The number of aromatic nitrogens is 4. The number of nitrogens with two attached hydrogens (primary N) is 2. The number of hydrogen-bond acceptors (Lipinski definition) is 7. The number of hydrogen-bond donors (Lipinski definition) is 4. The summed E-state index contributed by atoms with van der Waals surface area (Å²) in [7, 11) is 3.07. The summed E-state index contributed by atoms with van der Waals surface area (Å²) < 4.78 is 6.30. The summed E-state index contributed by atoms with van der Waals surface area (Å²) >= 11 is 0. The van der Waals surface area contributed by atoms with Crippen LogP contribution in [0.2, 0.25) is 0 Å². The van der Waals surface area contributed by atoms with Gasteiger partial charge in [0.05, 0.1) is 18.1 Å². The van der Waals surface area contributed by atoms with Crippen LogP contribution >= 0.6 is 0 Å². The molecule has 0 amide bonds. The Kier molecular flexibility index (Phi) is 6.90. The van der Waals surface area contributed by atoms with Gasteiger partial charge in [-0.25, -0.2) is 9.59 Å². The Balaban J connectivity index is 0.000000161. The van der Waals surface area contributed by atoms with Crippen LogP contribution in [-0.4, -0.2) is 44.1 Å². The molecule has 0 saturated heterocycles. The molecule has 0 unspecified atom stereocenters. The van der Waals surface area contributed by atoms with E-state index in [0.29, 0.717) is 22.5 Å². The van der Waals surface area contributed by atoms with Gasteiger partial charge in [-0.3, -0.25) is 9.78 Å². The SMILES string of the molecule is COC(=O)c1n[nH]c2ccc(-c3ccc(N)cc3)cc12.Cn1nc(C(=O)O)c2cc(-c3ccc(N)cc3)ccc21. The highest BCUT2D eigenvalue weighted by atomic mass is 16.5. The molecule has 0 aliphatic rings. The van der Waals surface area contributed by atoms with E-state index in [1.165, 1.54) is 7.11 Å². The van der Waals surface area contributed by atoms with E-state index in [1.807, 2.05) is 84.9 Å². The van der Waals surface area contributed by atoms with Gasteiger partial charge in [0.2, 0.25) is 0 Å². The van der Waals surface area contributed by atoms with Gasteiger partial charge < -0.3 is 21.3 Å². The fourth-order valence-corrected chi connectivity index (χ4v) is 4.40. The van der Waals surface area contributed by atoms with E-state index in [2.05, 4.69) is 15.3 Å². The number of nitrogens with one attached hydrogen (secondary N) is 1. The van der Waals surface area contributed by atoms with Gasteiger partial charge in [-0.05, 0) is 70.8 Å². The molecule has 2 heterocycles. The van der Waals surface area contributed by atoms with Crippen molar-refractivity contribution in [1.82, 2.24) is 20.0 Å². The maximum atomic E-state index is 11.7. The van der Waals surface area contributed by atoms with Crippen molar-refractivity contribution in [3.8, 4) is 22.3 Å². The van der Waals surface area contributed by atoms with Gasteiger partial charge in [-0.15, -0.1) is 0 Å². The minimum absolute atomic E-state index is 0.0693. The highest BCUT2D eigenvalue weighted by molar-refractivity contribution is 6.03. The van der Waals surface area contributed by atoms with Gasteiger partial charge >= 0.3 is 11.9 Å². The molecule has 6 aromatic rings. The van der Waals surface area contributed by atoms with Crippen molar-refractivity contribution in [1.29, 1.82) is 0 Å². The van der Waals surface area contributed by atoms with Crippen molar-refractivity contribution in [2.75, 3.05) is 18.6 Å². The highest BCUT2D eigenvalue weighted by Gasteiger charge is 2.16. The largest absolute Gasteiger partial charge is 0.476 e. The molecule has 0 saturated carbocycles. The number of esters is 1. The first-order chi connectivity index (χ1) is 19.2. The first kappa shape index (κ1) is 26.0.